The predicted molar refractivity (Wildman–Crippen MR) is 107 cm³/mol. The van der Waals surface area contributed by atoms with E-state index in [0.29, 0.717) is 12.4 Å². The van der Waals surface area contributed by atoms with Crippen molar-refractivity contribution in [3.63, 3.8) is 0 Å². The van der Waals surface area contributed by atoms with Gasteiger partial charge >= 0.3 is 0 Å². The second kappa shape index (κ2) is 8.61. The Hall–Kier alpha value is -2.60. The summed E-state index contributed by atoms with van der Waals surface area (Å²) in [5, 5.41) is 6.53. The minimum absolute atomic E-state index is 0.0919. The summed E-state index contributed by atoms with van der Waals surface area (Å²) in [5.74, 6) is 0.524. The Morgan fingerprint density at radius 3 is 2.64 bits per heavy atom. The van der Waals surface area contributed by atoms with Crippen molar-refractivity contribution in [1.29, 1.82) is 0 Å². The molecule has 2 heterocycles. The van der Waals surface area contributed by atoms with Crippen LogP contribution in [0.15, 0.2) is 48.5 Å². The first-order chi connectivity index (χ1) is 13.7. The van der Waals surface area contributed by atoms with Gasteiger partial charge in [0.25, 0.3) is 0 Å². The summed E-state index contributed by atoms with van der Waals surface area (Å²) >= 11 is 0. The lowest BCUT2D eigenvalue weighted by Gasteiger charge is -2.32. The predicted octanol–water partition coefficient (Wildman–Crippen LogP) is 2.82. The fraction of sp³-hybridized carbons (Fsp3) is 0.409. The molecule has 0 aliphatic carbocycles. The lowest BCUT2D eigenvalue weighted by Crippen LogP contribution is -2.49. The molecule has 0 spiro atoms. The van der Waals surface area contributed by atoms with Crippen molar-refractivity contribution < 1.29 is 13.9 Å². The third-order valence-corrected chi connectivity index (χ3v) is 5.51. The minimum Gasteiger partial charge on any atom is -0.492 e. The number of nitrogens with zero attached hydrogens (tertiary/aromatic N) is 1. The Balaban J connectivity index is 1.15. The van der Waals surface area contributed by atoms with Crippen LogP contribution in [0.5, 0.6) is 5.75 Å². The van der Waals surface area contributed by atoms with Crippen LogP contribution in [0.1, 0.15) is 18.4 Å². The molecule has 2 aromatic carbocycles. The number of fused-ring (bicyclic) bond motifs is 1. The molecule has 2 N–H and O–H groups in total. The maximum absolute atomic E-state index is 12.9. The van der Waals surface area contributed by atoms with Crippen LogP contribution in [-0.2, 0) is 11.2 Å². The number of rotatable bonds is 6. The smallest absolute Gasteiger partial charge is 0.243 e. The van der Waals surface area contributed by atoms with Gasteiger partial charge in [-0.1, -0.05) is 18.2 Å². The normalized spacial score (nSPS) is 19.7. The maximum Gasteiger partial charge on any atom is 0.243 e. The zero-order chi connectivity index (χ0) is 19.3. The van der Waals surface area contributed by atoms with Gasteiger partial charge in [0, 0.05) is 37.8 Å². The Morgan fingerprint density at radius 1 is 1.14 bits per heavy atom. The SMILES string of the molecule is O=C(NC1CCN(CCOc2ccc(F)cc2)CC1)C1Cc2ccccc2N1. The van der Waals surface area contributed by atoms with Crippen LogP contribution in [-0.4, -0.2) is 49.1 Å². The topological polar surface area (TPSA) is 53.6 Å². The molecule has 0 radical (unpaired) electrons. The average molecular weight is 383 g/mol. The second-order valence-corrected chi connectivity index (χ2v) is 7.49. The first-order valence-corrected chi connectivity index (χ1v) is 9.93. The monoisotopic (exact) mass is 383 g/mol. The first kappa shape index (κ1) is 18.7. The molecule has 1 fully saturated rings. The van der Waals surface area contributed by atoms with Crippen molar-refractivity contribution in [1.82, 2.24) is 10.2 Å². The van der Waals surface area contributed by atoms with Gasteiger partial charge in [0.15, 0.2) is 0 Å². The number of likely N-dealkylation sites (tertiary alicyclic amines) is 1. The van der Waals surface area contributed by atoms with Gasteiger partial charge in [-0.15, -0.1) is 0 Å². The number of amides is 1. The zero-order valence-corrected chi connectivity index (χ0v) is 15.9. The molecule has 148 valence electrons. The molecule has 0 bridgehead atoms. The molecule has 1 unspecified atom stereocenters. The molecule has 1 saturated heterocycles. The van der Waals surface area contributed by atoms with E-state index in [9.17, 15) is 9.18 Å². The standard InChI is InChI=1S/C22H26FN3O2/c23-17-5-7-19(8-6-17)28-14-13-26-11-9-18(10-12-26)24-22(27)21-15-16-3-1-2-4-20(16)25-21/h1-8,18,21,25H,9-15H2,(H,24,27). The highest BCUT2D eigenvalue weighted by Gasteiger charge is 2.29. The summed E-state index contributed by atoms with van der Waals surface area (Å²) < 4.78 is 18.6. The van der Waals surface area contributed by atoms with Crippen molar-refractivity contribution in [2.24, 2.45) is 0 Å². The van der Waals surface area contributed by atoms with Crippen LogP contribution in [0.3, 0.4) is 0 Å². The lowest BCUT2D eigenvalue weighted by atomic mass is 10.0. The average Bonchev–Trinajstić information content (AvgIpc) is 3.15. The van der Waals surface area contributed by atoms with Gasteiger partial charge in [-0.05, 0) is 48.7 Å². The Labute approximate surface area is 164 Å². The number of benzene rings is 2. The summed E-state index contributed by atoms with van der Waals surface area (Å²) in [7, 11) is 0. The van der Waals surface area contributed by atoms with E-state index in [0.717, 1.165) is 44.6 Å². The third kappa shape index (κ3) is 4.62. The lowest BCUT2D eigenvalue weighted by molar-refractivity contribution is -0.122. The van der Waals surface area contributed by atoms with E-state index >= 15 is 0 Å². The van der Waals surface area contributed by atoms with E-state index in [1.54, 1.807) is 12.1 Å². The molecule has 0 aromatic heterocycles. The molecule has 0 saturated carbocycles. The third-order valence-electron chi connectivity index (χ3n) is 5.51. The number of para-hydroxylation sites is 1. The minimum atomic E-state index is -0.256. The molecule has 1 amide bonds. The van der Waals surface area contributed by atoms with Gasteiger partial charge in [0.05, 0.1) is 0 Å². The molecule has 6 heteroatoms. The van der Waals surface area contributed by atoms with E-state index < -0.39 is 0 Å². The Kier molecular flexibility index (Phi) is 5.76. The fourth-order valence-corrected chi connectivity index (χ4v) is 3.88. The molecule has 2 aliphatic heterocycles. The maximum atomic E-state index is 12.9. The number of carbonyl (C=O) groups is 1. The zero-order valence-electron chi connectivity index (χ0n) is 15.9. The molecular formula is C22H26FN3O2. The van der Waals surface area contributed by atoms with Crippen molar-refractivity contribution in [2.75, 3.05) is 31.6 Å². The molecule has 4 rings (SSSR count). The van der Waals surface area contributed by atoms with E-state index in [-0.39, 0.29) is 23.8 Å². The van der Waals surface area contributed by atoms with E-state index in [1.165, 1.54) is 17.7 Å². The van der Waals surface area contributed by atoms with Crippen molar-refractivity contribution in [2.45, 2.75) is 31.3 Å². The van der Waals surface area contributed by atoms with Gasteiger partial charge in [0.2, 0.25) is 5.91 Å². The van der Waals surface area contributed by atoms with Crippen LogP contribution in [0.2, 0.25) is 0 Å². The second-order valence-electron chi connectivity index (χ2n) is 7.49. The largest absolute Gasteiger partial charge is 0.492 e. The van der Waals surface area contributed by atoms with Crippen LogP contribution in [0.4, 0.5) is 10.1 Å². The molecule has 28 heavy (non-hydrogen) atoms. The van der Waals surface area contributed by atoms with E-state index in [1.807, 2.05) is 18.2 Å². The van der Waals surface area contributed by atoms with E-state index in [4.69, 9.17) is 4.74 Å². The van der Waals surface area contributed by atoms with Gasteiger partial charge < -0.3 is 15.4 Å². The summed E-state index contributed by atoms with van der Waals surface area (Å²) in [5.41, 5.74) is 2.28. The summed E-state index contributed by atoms with van der Waals surface area (Å²) in [6, 6.07) is 14.3. The number of halogens is 1. The number of anilines is 1. The van der Waals surface area contributed by atoms with Gasteiger partial charge in [-0.2, -0.15) is 0 Å². The van der Waals surface area contributed by atoms with Crippen LogP contribution >= 0.6 is 0 Å². The fourth-order valence-electron chi connectivity index (χ4n) is 3.88. The molecular weight excluding hydrogens is 357 g/mol. The van der Waals surface area contributed by atoms with Crippen LogP contribution in [0.25, 0.3) is 0 Å². The highest BCUT2D eigenvalue weighted by molar-refractivity contribution is 5.87. The summed E-state index contributed by atoms with van der Waals surface area (Å²) in [6.07, 6.45) is 2.64. The summed E-state index contributed by atoms with van der Waals surface area (Å²) in [6.45, 7) is 3.29. The Bertz CT molecular complexity index is 779. The van der Waals surface area contributed by atoms with Crippen molar-refractivity contribution in [3.8, 4) is 5.75 Å². The number of ether oxygens (including phenoxy) is 1. The van der Waals surface area contributed by atoms with Gasteiger partial charge in [0.1, 0.15) is 24.2 Å². The number of carbonyl (C=O) groups excluding carboxylic acids is 1. The van der Waals surface area contributed by atoms with Gasteiger partial charge in [-0.3, -0.25) is 9.69 Å². The number of hydrogen-bond donors (Lipinski definition) is 2. The molecule has 5 nitrogen and oxygen atoms in total. The molecule has 2 aliphatic rings. The number of piperidine rings is 1. The van der Waals surface area contributed by atoms with Gasteiger partial charge in [-0.25, -0.2) is 4.39 Å². The van der Waals surface area contributed by atoms with Crippen molar-refractivity contribution >= 4 is 11.6 Å². The first-order valence-electron chi connectivity index (χ1n) is 9.93. The molecule has 2 aromatic rings. The highest BCUT2D eigenvalue weighted by atomic mass is 19.1. The molecule has 1 atom stereocenters. The quantitative estimate of drug-likeness (QED) is 0.806. The van der Waals surface area contributed by atoms with E-state index in [2.05, 4.69) is 21.6 Å². The van der Waals surface area contributed by atoms with Crippen LogP contribution in [0, 0.1) is 5.82 Å². The van der Waals surface area contributed by atoms with Crippen molar-refractivity contribution in [3.05, 3.63) is 59.9 Å². The summed E-state index contributed by atoms with van der Waals surface area (Å²) in [4.78, 5) is 14.9. The number of nitrogens with one attached hydrogen (secondary N) is 2. The Morgan fingerprint density at radius 2 is 1.89 bits per heavy atom. The number of hydrogen-bond acceptors (Lipinski definition) is 4. The van der Waals surface area contributed by atoms with Crippen LogP contribution < -0.4 is 15.4 Å². The highest BCUT2D eigenvalue weighted by Crippen LogP contribution is 2.25.